The molecule has 3 atom stereocenters. The first-order chi connectivity index (χ1) is 13.0. The molecule has 1 aromatic rings. The first kappa shape index (κ1) is 20.5. The van der Waals surface area contributed by atoms with Gasteiger partial charge in [-0.1, -0.05) is 6.07 Å². The van der Waals surface area contributed by atoms with Crippen LogP contribution in [-0.4, -0.2) is 67.4 Å². The summed E-state index contributed by atoms with van der Waals surface area (Å²) in [6.07, 6.45) is -3.29. The Morgan fingerprint density at radius 3 is 2.79 bits per heavy atom. The van der Waals surface area contributed by atoms with Crippen molar-refractivity contribution in [3.05, 3.63) is 29.6 Å². The molecule has 2 amide bonds. The van der Waals surface area contributed by atoms with Crippen LogP contribution in [0.4, 0.5) is 14.9 Å². The predicted octanol–water partition coefficient (Wildman–Crippen LogP) is -0.346. The minimum atomic E-state index is -3.50. The van der Waals surface area contributed by atoms with E-state index in [0.717, 1.165) is 6.07 Å². The summed E-state index contributed by atoms with van der Waals surface area (Å²) < 4.78 is 43.1. The number of anilines is 1. The molecule has 0 radical (unpaired) electrons. The van der Waals surface area contributed by atoms with Crippen LogP contribution in [0.1, 0.15) is 18.9 Å². The lowest BCUT2D eigenvalue weighted by Crippen LogP contribution is -2.50. The molecule has 1 aromatic carbocycles. The summed E-state index contributed by atoms with van der Waals surface area (Å²) in [6, 6.07) is 3.62. The van der Waals surface area contributed by atoms with Crippen molar-refractivity contribution in [1.82, 2.24) is 5.32 Å². The number of nitrogens with zero attached hydrogens (tertiary/aromatic N) is 1. The molecule has 2 aliphatic heterocycles. The second kappa shape index (κ2) is 7.30. The number of rotatable bonds is 4. The Morgan fingerprint density at radius 2 is 2.18 bits per heavy atom. The van der Waals surface area contributed by atoms with Gasteiger partial charge in [-0.2, -0.15) is 0 Å². The highest BCUT2D eigenvalue weighted by molar-refractivity contribution is 7.91. The molecule has 154 valence electrons. The highest BCUT2D eigenvalue weighted by Crippen LogP contribution is 2.37. The summed E-state index contributed by atoms with van der Waals surface area (Å²) in [5.41, 5.74) is -2.09. The minimum Gasteiger partial charge on any atom is -0.442 e. The highest BCUT2D eigenvalue weighted by atomic mass is 32.2. The molecule has 2 saturated heterocycles. The number of aliphatic hydroxyl groups is 2. The zero-order valence-electron chi connectivity index (χ0n) is 15.1. The molecule has 0 bridgehead atoms. The molecule has 3 N–H and O–H groups in total. The fraction of sp³-hybridized carbons (Fsp3) is 0.529. The Morgan fingerprint density at radius 1 is 1.46 bits per heavy atom. The van der Waals surface area contributed by atoms with Crippen molar-refractivity contribution < 1.29 is 37.3 Å². The molecule has 0 spiro atoms. The van der Waals surface area contributed by atoms with Crippen molar-refractivity contribution in [2.24, 2.45) is 0 Å². The Balaban J connectivity index is 1.79. The molecule has 2 fully saturated rings. The van der Waals surface area contributed by atoms with Crippen LogP contribution in [0, 0.1) is 5.82 Å². The van der Waals surface area contributed by atoms with E-state index < -0.39 is 45.3 Å². The monoisotopic (exact) mass is 416 g/mol. The van der Waals surface area contributed by atoms with Gasteiger partial charge in [0.1, 0.15) is 23.6 Å². The van der Waals surface area contributed by atoms with Crippen molar-refractivity contribution in [1.29, 1.82) is 0 Å². The number of carbonyl (C=O) groups is 2. The summed E-state index contributed by atoms with van der Waals surface area (Å²) in [6.45, 7) is 1.56. The lowest BCUT2D eigenvalue weighted by Gasteiger charge is -2.37. The van der Waals surface area contributed by atoms with Crippen LogP contribution >= 0.6 is 0 Å². The molecule has 3 rings (SSSR count). The highest BCUT2D eigenvalue weighted by Gasteiger charge is 2.46. The van der Waals surface area contributed by atoms with E-state index >= 15 is 0 Å². The van der Waals surface area contributed by atoms with Crippen molar-refractivity contribution >= 4 is 27.5 Å². The molecule has 9 nitrogen and oxygen atoms in total. The Labute approximate surface area is 161 Å². The molecule has 2 aliphatic rings. The molecular formula is C17H21FN2O7S. The number of carbonyl (C=O) groups excluding carboxylic acids is 2. The van der Waals surface area contributed by atoms with E-state index in [1.807, 2.05) is 0 Å². The third-order valence-electron chi connectivity index (χ3n) is 4.94. The molecule has 0 aromatic heterocycles. The van der Waals surface area contributed by atoms with E-state index in [-0.39, 0.29) is 42.4 Å². The maximum absolute atomic E-state index is 14.7. The van der Waals surface area contributed by atoms with Crippen LogP contribution in [0.25, 0.3) is 0 Å². The molecule has 11 heteroatoms. The lowest BCUT2D eigenvalue weighted by atomic mass is 9.85. The largest absolute Gasteiger partial charge is 0.442 e. The number of halogens is 1. The molecule has 0 aliphatic carbocycles. The number of nitrogens with one attached hydrogen (secondary N) is 1. The van der Waals surface area contributed by atoms with E-state index in [2.05, 4.69) is 5.32 Å². The number of aliphatic hydroxyl groups excluding tert-OH is 1. The number of sulfone groups is 1. The van der Waals surface area contributed by atoms with Gasteiger partial charge in [-0.3, -0.25) is 9.69 Å². The quantitative estimate of drug-likeness (QED) is 0.611. The summed E-state index contributed by atoms with van der Waals surface area (Å²) in [4.78, 5) is 24.2. The first-order valence-electron chi connectivity index (χ1n) is 8.65. The Hall–Kier alpha value is -2.24. The first-order valence-corrected chi connectivity index (χ1v) is 10.5. The SMILES string of the molecule is CC(=O)NC[C@H]1CN(c2ccc(C3(O)CCS(=O)(=O)CC3O)c(F)c2)C(=O)O1. The molecule has 2 unspecified atom stereocenters. The molecule has 28 heavy (non-hydrogen) atoms. The number of benzene rings is 1. The molecule has 0 saturated carbocycles. The number of cyclic esters (lactones) is 1. The van der Waals surface area contributed by atoms with E-state index in [9.17, 15) is 32.6 Å². The maximum atomic E-state index is 14.7. The smallest absolute Gasteiger partial charge is 0.414 e. The topological polar surface area (TPSA) is 133 Å². The fourth-order valence-electron chi connectivity index (χ4n) is 3.37. The maximum Gasteiger partial charge on any atom is 0.414 e. The third kappa shape index (κ3) is 3.96. The van der Waals surface area contributed by atoms with Gasteiger partial charge < -0.3 is 20.3 Å². The molecule has 2 heterocycles. The molecular weight excluding hydrogens is 395 g/mol. The standard InChI is InChI=1S/C17H21FN2O7S/c1-10(21)19-7-12-8-20(16(23)27-12)11-2-3-13(14(18)6-11)17(24)4-5-28(25,26)9-15(17)22/h2-3,6,12,15,22,24H,4-5,7-9H2,1H3,(H,19,21)/t12-,15?,17?/m0/s1. The second-order valence-corrected chi connectivity index (χ2v) is 9.25. The number of ether oxygens (including phenoxy) is 1. The van der Waals surface area contributed by atoms with Gasteiger partial charge in [-0.15, -0.1) is 0 Å². The van der Waals surface area contributed by atoms with Crippen LogP contribution in [-0.2, 0) is 25.0 Å². The van der Waals surface area contributed by atoms with Crippen LogP contribution in [0.5, 0.6) is 0 Å². The lowest BCUT2D eigenvalue weighted by molar-refractivity contribution is -0.119. The zero-order chi connectivity index (χ0) is 20.7. The Kier molecular flexibility index (Phi) is 5.34. The predicted molar refractivity (Wildman–Crippen MR) is 95.9 cm³/mol. The third-order valence-corrected chi connectivity index (χ3v) is 6.59. The van der Waals surface area contributed by atoms with Gasteiger partial charge in [0.15, 0.2) is 9.84 Å². The van der Waals surface area contributed by atoms with Crippen LogP contribution in [0.3, 0.4) is 0 Å². The van der Waals surface area contributed by atoms with Gasteiger partial charge in [-0.05, 0) is 18.6 Å². The van der Waals surface area contributed by atoms with Crippen molar-refractivity contribution in [3.63, 3.8) is 0 Å². The average molecular weight is 416 g/mol. The Bertz CT molecular complexity index is 907. The summed E-state index contributed by atoms with van der Waals surface area (Å²) >= 11 is 0. The van der Waals surface area contributed by atoms with E-state index in [1.165, 1.54) is 24.0 Å². The number of hydrogen-bond acceptors (Lipinski definition) is 7. The summed E-state index contributed by atoms with van der Waals surface area (Å²) in [5, 5.41) is 23.3. The van der Waals surface area contributed by atoms with Crippen LogP contribution < -0.4 is 10.2 Å². The van der Waals surface area contributed by atoms with E-state index in [1.54, 1.807) is 0 Å². The fourth-order valence-corrected chi connectivity index (χ4v) is 4.92. The van der Waals surface area contributed by atoms with E-state index in [0.29, 0.717) is 0 Å². The summed E-state index contributed by atoms with van der Waals surface area (Å²) in [5.74, 6) is -2.18. The zero-order valence-corrected chi connectivity index (χ0v) is 15.9. The summed E-state index contributed by atoms with van der Waals surface area (Å²) in [7, 11) is -3.50. The van der Waals surface area contributed by atoms with Crippen molar-refractivity contribution in [3.8, 4) is 0 Å². The van der Waals surface area contributed by atoms with Gasteiger partial charge >= 0.3 is 6.09 Å². The van der Waals surface area contributed by atoms with Gasteiger partial charge in [0.05, 0.1) is 30.3 Å². The van der Waals surface area contributed by atoms with Crippen LogP contribution in [0.15, 0.2) is 18.2 Å². The number of amides is 2. The average Bonchev–Trinajstić information content (AvgIpc) is 2.97. The van der Waals surface area contributed by atoms with E-state index in [4.69, 9.17) is 4.74 Å². The van der Waals surface area contributed by atoms with Crippen molar-refractivity contribution in [2.45, 2.75) is 31.2 Å². The number of hydrogen-bond donors (Lipinski definition) is 3. The van der Waals surface area contributed by atoms with Crippen LogP contribution in [0.2, 0.25) is 0 Å². The van der Waals surface area contributed by atoms with Gasteiger partial charge in [0.2, 0.25) is 5.91 Å². The minimum absolute atomic E-state index is 0.100. The van der Waals surface area contributed by atoms with Crippen molar-refractivity contribution in [2.75, 3.05) is 29.5 Å². The normalized spacial score (nSPS) is 29.4. The second-order valence-electron chi connectivity index (χ2n) is 7.02. The van der Waals surface area contributed by atoms with Gasteiger partial charge in [0, 0.05) is 12.5 Å². The van der Waals surface area contributed by atoms with Gasteiger partial charge in [0.25, 0.3) is 0 Å². The van der Waals surface area contributed by atoms with Gasteiger partial charge in [-0.25, -0.2) is 17.6 Å².